The first-order chi connectivity index (χ1) is 9.58. The van der Waals surface area contributed by atoms with Crippen molar-refractivity contribution < 1.29 is 24.5 Å². The van der Waals surface area contributed by atoms with E-state index in [2.05, 4.69) is 0 Å². The molecule has 1 fully saturated rings. The summed E-state index contributed by atoms with van der Waals surface area (Å²) in [6, 6.07) is 8.15. The van der Waals surface area contributed by atoms with Gasteiger partial charge in [-0.1, -0.05) is 18.2 Å². The third-order valence-electron chi connectivity index (χ3n) is 3.21. The minimum atomic E-state index is -1.08. The van der Waals surface area contributed by atoms with Crippen LogP contribution < -0.4 is 4.74 Å². The van der Waals surface area contributed by atoms with Crippen LogP contribution in [0.4, 0.5) is 0 Å². The van der Waals surface area contributed by atoms with Gasteiger partial charge in [-0.15, -0.1) is 0 Å². The van der Waals surface area contributed by atoms with E-state index >= 15 is 0 Å². The number of aliphatic hydroxyl groups excluding tert-OH is 1. The molecule has 1 aromatic carbocycles. The number of carbonyl (C=O) groups is 2. The van der Waals surface area contributed by atoms with Crippen molar-refractivity contribution in [3.05, 3.63) is 30.3 Å². The fourth-order valence-electron chi connectivity index (χ4n) is 2.24. The van der Waals surface area contributed by atoms with Crippen LogP contribution in [0.3, 0.4) is 0 Å². The molecule has 0 aromatic heterocycles. The van der Waals surface area contributed by atoms with Crippen LogP contribution in [0.1, 0.15) is 12.8 Å². The normalized spacial score (nSPS) is 21.8. The van der Waals surface area contributed by atoms with Crippen molar-refractivity contribution in [1.82, 2.24) is 4.90 Å². The standard InChI is InChI=1S/C14H17NO5/c16-10-8-12(14(18)19)15(9-10)13(17)6-7-20-11-4-2-1-3-5-11/h1-5,10,12,16H,6-9H2,(H,18,19)/t10-,12+/m1/s1. The summed E-state index contributed by atoms with van der Waals surface area (Å²) in [5.41, 5.74) is 0. The van der Waals surface area contributed by atoms with Crippen molar-refractivity contribution in [3.8, 4) is 5.75 Å². The number of benzene rings is 1. The number of nitrogens with zero attached hydrogens (tertiary/aromatic N) is 1. The van der Waals surface area contributed by atoms with Crippen molar-refractivity contribution in [1.29, 1.82) is 0 Å². The first kappa shape index (κ1) is 14.3. The highest BCUT2D eigenvalue weighted by atomic mass is 16.5. The van der Waals surface area contributed by atoms with Gasteiger partial charge < -0.3 is 19.8 Å². The summed E-state index contributed by atoms with van der Waals surface area (Å²) < 4.78 is 5.40. The average Bonchev–Trinajstić information content (AvgIpc) is 2.82. The van der Waals surface area contributed by atoms with Gasteiger partial charge in [0.25, 0.3) is 0 Å². The van der Waals surface area contributed by atoms with E-state index in [1.807, 2.05) is 18.2 Å². The zero-order valence-electron chi connectivity index (χ0n) is 10.9. The summed E-state index contributed by atoms with van der Waals surface area (Å²) in [6.45, 7) is 0.253. The number of rotatable bonds is 5. The SMILES string of the molecule is O=C(O)[C@@H]1C[C@@H](O)CN1C(=O)CCOc1ccccc1. The molecule has 6 heteroatoms. The molecule has 20 heavy (non-hydrogen) atoms. The summed E-state index contributed by atoms with van der Waals surface area (Å²) in [5.74, 6) is -0.736. The Bertz CT molecular complexity index is 476. The molecule has 1 aliphatic heterocycles. The van der Waals surface area contributed by atoms with Crippen molar-refractivity contribution in [2.24, 2.45) is 0 Å². The summed E-state index contributed by atoms with van der Waals surface area (Å²) >= 11 is 0. The van der Waals surface area contributed by atoms with Crippen LogP contribution in [-0.2, 0) is 9.59 Å². The molecule has 1 amide bonds. The molecule has 1 heterocycles. The van der Waals surface area contributed by atoms with Crippen LogP contribution in [0.15, 0.2) is 30.3 Å². The number of carboxylic acids is 1. The predicted molar refractivity (Wildman–Crippen MR) is 70.3 cm³/mol. The highest BCUT2D eigenvalue weighted by Gasteiger charge is 2.38. The van der Waals surface area contributed by atoms with Crippen LogP contribution in [0.2, 0.25) is 0 Å². The molecule has 0 bridgehead atoms. The fourth-order valence-corrected chi connectivity index (χ4v) is 2.24. The Kier molecular flexibility index (Phi) is 4.57. The molecule has 1 aliphatic rings. The summed E-state index contributed by atoms with van der Waals surface area (Å²) in [7, 11) is 0. The van der Waals surface area contributed by atoms with Gasteiger partial charge in [0.2, 0.25) is 5.91 Å². The maximum Gasteiger partial charge on any atom is 0.326 e. The third-order valence-corrected chi connectivity index (χ3v) is 3.21. The maximum atomic E-state index is 12.0. The van der Waals surface area contributed by atoms with Gasteiger partial charge in [-0.2, -0.15) is 0 Å². The topological polar surface area (TPSA) is 87.1 Å². The number of aliphatic carboxylic acids is 1. The smallest absolute Gasteiger partial charge is 0.326 e. The number of β-amino-alcohol motifs (C(OH)–C–C–N with tert-alkyl or cyclic N) is 1. The molecule has 2 N–H and O–H groups in total. The minimum absolute atomic E-state index is 0.0706. The van der Waals surface area contributed by atoms with Crippen molar-refractivity contribution >= 4 is 11.9 Å². The average molecular weight is 279 g/mol. The Balaban J connectivity index is 1.84. The lowest BCUT2D eigenvalue weighted by molar-refractivity contribution is -0.148. The Morgan fingerprint density at radius 2 is 2.00 bits per heavy atom. The highest BCUT2D eigenvalue weighted by Crippen LogP contribution is 2.19. The molecular weight excluding hydrogens is 262 g/mol. The lowest BCUT2D eigenvalue weighted by Gasteiger charge is -2.21. The van der Waals surface area contributed by atoms with Gasteiger partial charge in [-0.05, 0) is 12.1 Å². The monoisotopic (exact) mass is 279 g/mol. The van der Waals surface area contributed by atoms with Gasteiger partial charge in [0.1, 0.15) is 11.8 Å². The molecule has 0 radical (unpaired) electrons. The lowest BCUT2D eigenvalue weighted by atomic mass is 10.2. The van der Waals surface area contributed by atoms with Gasteiger partial charge in [-0.25, -0.2) is 4.79 Å². The van der Waals surface area contributed by atoms with Crippen LogP contribution in [0, 0.1) is 0 Å². The maximum absolute atomic E-state index is 12.0. The largest absolute Gasteiger partial charge is 0.493 e. The van der Waals surface area contributed by atoms with Gasteiger partial charge in [0.15, 0.2) is 0 Å². The van der Waals surface area contributed by atoms with Gasteiger partial charge in [-0.3, -0.25) is 4.79 Å². The quantitative estimate of drug-likeness (QED) is 0.819. The van der Waals surface area contributed by atoms with E-state index in [9.17, 15) is 14.7 Å². The highest BCUT2D eigenvalue weighted by molar-refractivity contribution is 5.84. The van der Waals surface area contributed by atoms with Crippen LogP contribution in [0.5, 0.6) is 5.75 Å². The summed E-state index contributed by atoms with van der Waals surface area (Å²) in [6.07, 6.45) is -0.596. The number of aliphatic hydroxyl groups is 1. The molecule has 1 aromatic rings. The van der Waals surface area contributed by atoms with Crippen LogP contribution >= 0.6 is 0 Å². The second-order valence-electron chi connectivity index (χ2n) is 4.70. The van der Waals surface area contributed by atoms with Gasteiger partial charge in [0.05, 0.1) is 19.1 Å². The van der Waals surface area contributed by atoms with Crippen LogP contribution in [-0.4, -0.2) is 52.3 Å². The molecule has 2 atom stereocenters. The predicted octanol–water partition coefficient (Wildman–Crippen LogP) is 0.502. The Hall–Kier alpha value is -2.08. The van der Waals surface area contributed by atoms with Crippen molar-refractivity contribution in [2.75, 3.05) is 13.2 Å². The summed E-state index contributed by atoms with van der Waals surface area (Å²) in [5, 5.41) is 18.5. The van der Waals surface area contributed by atoms with E-state index in [-0.39, 0.29) is 31.9 Å². The minimum Gasteiger partial charge on any atom is -0.493 e. The molecule has 2 rings (SSSR count). The fraction of sp³-hybridized carbons (Fsp3) is 0.429. The molecule has 108 valence electrons. The third kappa shape index (κ3) is 3.48. The molecule has 0 unspecified atom stereocenters. The molecule has 0 aliphatic carbocycles. The molecule has 6 nitrogen and oxygen atoms in total. The van der Waals surface area contributed by atoms with E-state index in [0.717, 1.165) is 0 Å². The second-order valence-corrected chi connectivity index (χ2v) is 4.70. The van der Waals surface area contributed by atoms with Crippen molar-refractivity contribution in [2.45, 2.75) is 25.0 Å². The lowest BCUT2D eigenvalue weighted by Crippen LogP contribution is -2.41. The number of carboxylic acid groups (broad SMARTS) is 1. The second kappa shape index (κ2) is 6.38. The Morgan fingerprint density at radius 1 is 1.30 bits per heavy atom. The molecule has 0 spiro atoms. The van der Waals surface area contributed by atoms with E-state index in [1.165, 1.54) is 4.90 Å². The Morgan fingerprint density at radius 3 is 2.65 bits per heavy atom. The first-order valence-corrected chi connectivity index (χ1v) is 6.46. The number of carbonyl (C=O) groups excluding carboxylic acids is 1. The van der Waals surface area contributed by atoms with Crippen molar-refractivity contribution in [3.63, 3.8) is 0 Å². The summed E-state index contributed by atoms with van der Waals surface area (Å²) in [4.78, 5) is 24.2. The number of hydrogen-bond donors (Lipinski definition) is 2. The zero-order chi connectivity index (χ0) is 14.5. The van der Waals surface area contributed by atoms with Gasteiger partial charge in [0, 0.05) is 13.0 Å². The number of ether oxygens (including phenoxy) is 1. The zero-order valence-corrected chi connectivity index (χ0v) is 10.9. The Labute approximate surface area is 116 Å². The molecule has 0 saturated carbocycles. The van der Waals surface area contributed by atoms with Gasteiger partial charge >= 0.3 is 5.97 Å². The number of hydrogen-bond acceptors (Lipinski definition) is 4. The van der Waals surface area contributed by atoms with E-state index in [1.54, 1.807) is 12.1 Å². The number of amides is 1. The molecule has 1 saturated heterocycles. The first-order valence-electron chi connectivity index (χ1n) is 6.46. The van der Waals surface area contributed by atoms with Crippen LogP contribution in [0.25, 0.3) is 0 Å². The number of para-hydroxylation sites is 1. The van der Waals surface area contributed by atoms with E-state index in [4.69, 9.17) is 9.84 Å². The molecular formula is C14H17NO5. The number of likely N-dealkylation sites (tertiary alicyclic amines) is 1. The van der Waals surface area contributed by atoms with E-state index < -0.39 is 18.1 Å². The van der Waals surface area contributed by atoms with E-state index in [0.29, 0.717) is 5.75 Å².